The second kappa shape index (κ2) is 6.80. The SMILES string of the molecule is C=CC(=O)OCC(C)NCc1ccccc1. The Morgan fingerprint density at radius 3 is 2.81 bits per heavy atom. The molecule has 0 aliphatic carbocycles. The fourth-order valence-electron chi connectivity index (χ4n) is 1.21. The number of hydrogen-bond donors (Lipinski definition) is 1. The van der Waals surface area contributed by atoms with Crippen molar-refractivity contribution in [2.45, 2.75) is 19.5 Å². The third kappa shape index (κ3) is 4.75. The van der Waals surface area contributed by atoms with E-state index < -0.39 is 0 Å². The van der Waals surface area contributed by atoms with Gasteiger partial charge in [0.2, 0.25) is 0 Å². The molecule has 0 aromatic heterocycles. The molecule has 0 saturated heterocycles. The molecule has 0 spiro atoms. The van der Waals surface area contributed by atoms with Gasteiger partial charge in [-0.1, -0.05) is 36.9 Å². The smallest absolute Gasteiger partial charge is 0.330 e. The highest BCUT2D eigenvalue weighted by molar-refractivity contribution is 5.81. The van der Waals surface area contributed by atoms with E-state index in [-0.39, 0.29) is 12.0 Å². The van der Waals surface area contributed by atoms with Crippen LogP contribution in [0.4, 0.5) is 0 Å². The molecule has 3 nitrogen and oxygen atoms in total. The average Bonchev–Trinajstić information content (AvgIpc) is 2.34. The maximum Gasteiger partial charge on any atom is 0.330 e. The van der Waals surface area contributed by atoms with E-state index in [1.165, 1.54) is 11.6 Å². The quantitative estimate of drug-likeness (QED) is 0.586. The van der Waals surface area contributed by atoms with Gasteiger partial charge in [-0.25, -0.2) is 4.79 Å². The first-order valence-corrected chi connectivity index (χ1v) is 5.29. The number of hydrogen-bond acceptors (Lipinski definition) is 3. The summed E-state index contributed by atoms with van der Waals surface area (Å²) in [7, 11) is 0. The molecule has 16 heavy (non-hydrogen) atoms. The topological polar surface area (TPSA) is 38.3 Å². The first-order chi connectivity index (χ1) is 7.72. The molecule has 0 amide bonds. The Hall–Kier alpha value is -1.61. The first kappa shape index (κ1) is 12.5. The second-order valence-corrected chi connectivity index (χ2v) is 3.60. The van der Waals surface area contributed by atoms with Gasteiger partial charge in [0.1, 0.15) is 6.61 Å². The van der Waals surface area contributed by atoms with Gasteiger partial charge in [-0.3, -0.25) is 0 Å². The van der Waals surface area contributed by atoms with Crippen molar-refractivity contribution in [3.8, 4) is 0 Å². The summed E-state index contributed by atoms with van der Waals surface area (Å²) in [5, 5.41) is 3.27. The van der Waals surface area contributed by atoms with Crippen LogP contribution in [0.2, 0.25) is 0 Å². The minimum atomic E-state index is -0.381. The predicted octanol–water partition coefficient (Wildman–Crippen LogP) is 1.89. The molecule has 0 bridgehead atoms. The standard InChI is InChI=1S/C13H17NO2/c1-3-13(15)16-10-11(2)14-9-12-7-5-4-6-8-12/h3-8,11,14H,1,9-10H2,2H3. The Labute approximate surface area is 96.1 Å². The van der Waals surface area contributed by atoms with Crippen LogP contribution in [0.15, 0.2) is 43.0 Å². The summed E-state index contributed by atoms with van der Waals surface area (Å²) in [5.41, 5.74) is 1.21. The third-order valence-corrected chi connectivity index (χ3v) is 2.14. The summed E-state index contributed by atoms with van der Waals surface area (Å²) in [4.78, 5) is 10.8. The molecule has 0 heterocycles. The molecule has 3 heteroatoms. The first-order valence-electron chi connectivity index (χ1n) is 5.29. The van der Waals surface area contributed by atoms with Crippen LogP contribution in [-0.4, -0.2) is 18.6 Å². The van der Waals surface area contributed by atoms with Crippen LogP contribution < -0.4 is 5.32 Å². The largest absolute Gasteiger partial charge is 0.461 e. The Morgan fingerprint density at radius 2 is 2.19 bits per heavy atom. The molecule has 1 atom stereocenters. The Balaban J connectivity index is 2.22. The summed E-state index contributed by atoms with van der Waals surface area (Å²) in [6, 6.07) is 10.2. The molecule has 0 radical (unpaired) electrons. The highest BCUT2D eigenvalue weighted by Crippen LogP contribution is 1.98. The van der Waals surface area contributed by atoms with Crippen molar-refractivity contribution in [1.29, 1.82) is 0 Å². The van der Waals surface area contributed by atoms with Gasteiger partial charge in [-0.2, -0.15) is 0 Å². The monoisotopic (exact) mass is 219 g/mol. The van der Waals surface area contributed by atoms with E-state index in [1.54, 1.807) is 0 Å². The molecule has 0 aliphatic heterocycles. The molecule has 0 saturated carbocycles. The van der Waals surface area contributed by atoms with E-state index in [2.05, 4.69) is 24.0 Å². The predicted molar refractivity (Wildman–Crippen MR) is 63.9 cm³/mol. The van der Waals surface area contributed by atoms with Crippen molar-refractivity contribution in [2.75, 3.05) is 6.61 Å². The summed E-state index contributed by atoms with van der Waals surface area (Å²) in [5.74, 6) is -0.381. The molecule has 0 aliphatic rings. The summed E-state index contributed by atoms with van der Waals surface area (Å²) in [6.07, 6.45) is 1.17. The summed E-state index contributed by atoms with van der Waals surface area (Å²) in [6.45, 7) is 6.44. The van der Waals surface area contributed by atoms with E-state index in [9.17, 15) is 4.79 Å². The molecule has 86 valence electrons. The number of rotatable bonds is 6. The number of ether oxygens (including phenoxy) is 1. The number of benzene rings is 1. The van der Waals surface area contributed by atoms with Crippen molar-refractivity contribution in [3.05, 3.63) is 48.6 Å². The molecular formula is C13H17NO2. The lowest BCUT2D eigenvalue weighted by Crippen LogP contribution is -2.30. The van der Waals surface area contributed by atoms with E-state index >= 15 is 0 Å². The van der Waals surface area contributed by atoms with Gasteiger partial charge >= 0.3 is 5.97 Å². The molecule has 0 fully saturated rings. The van der Waals surface area contributed by atoms with Crippen molar-refractivity contribution in [1.82, 2.24) is 5.32 Å². The van der Waals surface area contributed by atoms with Crippen molar-refractivity contribution < 1.29 is 9.53 Å². The zero-order valence-corrected chi connectivity index (χ0v) is 9.48. The molecule has 1 rings (SSSR count). The van der Waals surface area contributed by atoms with Gasteiger partial charge in [0.05, 0.1) is 0 Å². The van der Waals surface area contributed by atoms with Crippen LogP contribution in [0.1, 0.15) is 12.5 Å². The van der Waals surface area contributed by atoms with E-state index in [4.69, 9.17) is 4.74 Å². The van der Waals surface area contributed by atoms with Gasteiger partial charge in [0, 0.05) is 18.7 Å². The highest BCUT2D eigenvalue weighted by atomic mass is 16.5. The van der Waals surface area contributed by atoms with Gasteiger partial charge in [-0.15, -0.1) is 0 Å². The van der Waals surface area contributed by atoms with Gasteiger partial charge < -0.3 is 10.1 Å². The van der Waals surface area contributed by atoms with Gasteiger partial charge in [0.15, 0.2) is 0 Å². The molecule has 1 unspecified atom stereocenters. The molecule has 1 N–H and O–H groups in total. The number of carbonyl (C=O) groups excluding carboxylic acids is 1. The number of esters is 1. The van der Waals surface area contributed by atoms with Crippen molar-refractivity contribution in [3.63, 3.8) is 0 Å². The minimum Gasteiger partial charge on any atom is -0.461 e. The normalized spacial score (nSPS) is 11.8. The van der Waals surface area contributed by atoms with Crippen LogP contribution in [0.5, 0.6) is 0 Å². The van der Waals surface area contributed by atoms with Crippen LogP contribution >= 0.6 is 0 Å². The Bertz CT molecular complexity index is 335. The minimum absolute atomic E-state index is 0.129. The Morgan fingerprint density at radius 1 is 1.50 bits per heavy atom. The van der Waals surface area contributed by atoms with Crippen LogP contribution in [0.25, 0.3) is 0 Å². The Kier molecular flexibility index (Phi) is 5.29. The lowest BCUT2D eigenvalue weighted by atomic mass is 10.2. The fourth-order valence-corrected chi connectivity index (χ4v) is 1.21. The maximum atomic E-state index is 10.8. The second-order valence-electron chi connectivity index (χ2n) is 3.60. The lowest BCUT2D eigenvalue weighted by molar-refractivity contribution is -0.138. The van der Waals surface area contributed by atoms with Gasteiger partial charge in [-0.05, 0) is 12.5 Å². The van der Waals surface area contributed by atoms with Crippen LogP contribution in [-0.2, 0) is 16.1 Å². The van der Waals surface area contributed by atoms with E-state index in [0.29, 0.717) is 6.61 Å². The third-order valence-electron chi connectivity index (χ3n) is 2.14. The van der Waals surface area contributed by atoms with Crippen molar-refractivity contribution in [2.24, 2.45) is 0 Å². The average molecular weight is 219 g/mol. The van der Waals surface area contributed by atoms with E-state index in [0.717, 1.165) is 6.54 Å². The highest BCUT2D eigenvalue weighted by Gasteiger charge is 2.03. The molecule has 1 aromatic carbocycles. The zero-order chi connectivity index (χ0) is 11.8. The molecular weight excluding hydrogens is 202 g/mol. The zero-order valence-electron chi connectivity index (χ0n) is 9.48. The number of nitrogens with one attached hydrogen (secondary N) is 1. The van der Waals surface area contributed by atoms with E-state index in [1.807, 2.05) is 25.1 Å². The maximum absolute atomic E-state index is 10.8. The summed E-state index contributed by atoms with van der Waals surface area (Å²) < 4.78 is 4.92. The lowest BCUT2D eigenvalue weighted by Gasteiger charge is -2.13. The van der Waals surface area contributed by atoms with Gasteiger partial charge in [0.25, 0.3) is 0 Å². The number of carbonyl (C=O) groups is 1. The van der Waals surface area contributed by atoms with Crippen molar-refractivity contribution >= 4 is 5.97 Å². The van der Waals surface area contributed by atoms with Crippen LogP contribution in [0, 0.1) is 0 Å². The molecule has 1 aromatic rings. The van der Waals surface area contributed by atoms with Crippen LogP contribution in [0.3, 0.4) is 0 Å². The fraction of sp³-hybridized carbons (Fsp3) is 0.308. The summed E-state index contributed by atoms with van der Waals surface area (Å²) >= 11 is 0.